The van der Waals surface area contributed by atoms with Crippen LogP contribution < -0.4 is 11.1 Å². The van der Waals surface area contributed by atoms with Gasteiger partial charge in [-0.05, 0) is 17.7 Å². The molecular formula is C11H10F4N2O3S. The molecule has 0 unspecified atom stereocenters. The van der Waals surface area contributed by atoms with Crippen LogP contribution in [0.1, 0.15) is 11.6 Å². The Morgan fingerprint density at radius 3 is 2.14 bits per heavy atom. The van der Waals surface area contributed by atoms with Gasteiger partial charge in [0.2, 0.25) is 16.2 Å². The summed E-state index contributed by atoms with van der Waals surface area (Å²) in [7, 11) is -2.89. The van der Waals surface area contributed by atoms with E-state index in [1.165, 1.54) is 0 Å². The number of nitrogens with two attached hydrogens (primary N) is 1. The first-order valence-corrected chi connectivity index (χ1v) is 6.55. The van der Waals surface area contributed by atoms with Crippen molar-refractivity contribution in [3.8, 4) is 0 Å². The molecule has 116 valence electrons. The van der Waals surface area contributed by atoms with Crippen molar-refractivity contribution in [1.82, 2.24) is 5.32 Å². The van der Waals surface area contributed by atoms with Gasteiger partial charge in [0, 0.05) is 0 Å². The van der Waals surface area contributed by atoms with E-state index in [1.54, 1.807) is 5.32 Å². The molecule has 0 radical (unpaired) electrons. The first-order valence-electron chi connectivity index (χ1n) is 5.42. The molecule has 3 N–H and O–H groups in total. The van der Waals surface area contributed by atoms with Crippen LogP contribution in [0.15, 0.2) is 24.3 Å². The van der Waals surface area contributed by atoms with E-state index in [0.29, 0.717) is 5.37 Å². The molecule has 0 saturated heterocycles. The molecule has 1 amide bonds. The van der Waals surface area contributed by atoms with Gasteiger partial charge in [0.15, 0.2) is 0 Å². The number of carbonyl (C=O) groups is 1. The Balaban J connectivity index is 3.17. The van der Waals surface area contributed by atoms with Crippen LogP contribution in [0.5, 0.6) is 0 Å². The predicted molar refractivity (Wildman–Crippen MR) is 66.3 cm³/mol. The average Bonchev–Trinajstić information content (AvgIpc) is 2.33. The van der Waals surface area contributed by atoms with Gasteiger partial charge in [-0.25, -0.2) is 4.39 Å². The maximum Gasteiger partial charge on any atom is 0.407 e. The third kappa shape index (κ3) is 5.16. The Morgan fingerprint density at radius 2 is 1.76 bits per heavy atom. The molecule has 0 bridgehead atoms. The van der Waals surface area contributed by atoms with E-state index in [1.807, 2.05) is 0 Å². The van der Waals surface area contributed by atoms with Gasteiger partial charge in [0.25, 0.3) is 0 Å². The van der Waals surface area contributed by atoms with Crippen LogP contribution >= 0.6 is 0 Å². The molecule has 0 spiro atoms. The summed E-state index contributed by atoms with van der Waals surface area (Å²) in [6, 6.07) is -0.871. The molecule has 1 aromatic rings. The van der Waals surface area contributed by atoms with Crippen molar-refractivity contribution in [2.75, 3.05) is 0 Å². The van der Waals surface area contributed by atoms with E-state index in [2.05, 4.69) is 0 Å². The van der Waals surface area contributed by atoms with Crippen molar-refractivity contribution in [1.29, 1.82) is 0 Å². The molecule has 1 aromatic carbocycles. The number of nitrogens with one attached hydrogen (secondary N) is 1. The number of carbonyl (C=O) groups excluding carboxylic acids is 1. The van der Waals surface area contributed by atoms with Crippen LogP contribution in [0, 0.1) is 5.82 Å². The number of primary amides is 1. The molecule has 10 heteroatoms. The van der Waals surface area contributed by atoms with Gasteiger partial charge in [-0.2, -0.15) is 21.6 Å². The summed E-state index contributed by atoms with van der Waals surface area (Å²) in [5, 5.41) is 2.10. The van der Waals surface area contributed by atoms with Crippen molar-refractivity contribution in [3.05, 3.63) is 35.6 Å². The van der Waals surface area contributed by atoms with Gasteiger partial charge in [0.1, 0.15) is 17.9 Å². The molecule has 0 fully saturated rings. The van der Waals surface area contributed by atoms with Crippen molar-refractivity contribution < 1.29 is 30.8 Å². The van der Waals surface area contributed by atoms with Crippen LogP contribution in [0.2, 0.25) is 0 Å². The third-order valence-corrected chi connectivity index (χ3v) is 2.92. The van der Waals surface area contributed by atoms with Crippen LogP contribution in [0.4, 0.5) is 17.6 Å². The molecule has 0 heterocycles. The molecule has 21 heavy (non-hydrogen) atoms. The van der Waals surface area contributed by atoms with E-state index < -0.39 is 40.3 Å². The second kappa shape index (κ2) is 6.68. The summed E-state index contributed by atoms with van der Waals surface area (Å²) in [6.07, 6.45) is -4.84. The van der Waals surface area contributed by atoms with Crippen molar-refractivity contribution in [2.24, 2.45) is 5.73 Å². The normalized spacial score (nSPS) is 14.3. The first-order chi connectivity index (χ1) is 9.61. The number of benzene rings is 1. The summed E-state index contributed by atoms with van der Waals surface area (Å²) in [5.74, 6) is -2.03. The van der Waals surface area contributed by atoms with Crippen molar-refractivity contribution in [2.45, 2.75) is 18.3 Å². The van der Waals surface area contributed by atoms with Gasteiger partial charge in [-0.15, -0.1) is 0 Å². The Labute approximate surface area is 118 Å². The fourth-order valence-electron chi connectivity index (χ4n) is 1.51. The van der Waals surface area contributed by atoms with Crippen LogP contribution in [0.3, 0.4) is 0 Å². The van der Waals surface area contributed by atoms with Gasteiger partial charge >= 0.3 is 6.18 Å². The Hall–Kier alpha value is -1.94. The van der Waals surface area contributed by atoms with Gasteiger partial charge in [0.05, 0.1) is 5.37 Å². The monoisotopic (exact) mass is 326 g/mol. The molecule has 0 aliphatic rings. The summed E-state index contributed by atoms with van der Waals surface area (Å²) >= 11 is 0. The standard InChI is InChI=1S/C11H10F4N2O3S/c12-7-3-1-6(2-4-7)9(11(13,14)15)17-8(10(16)18)5-21(19)20/h1-5,8-9,17H,(H2,16,18)/t8-,9+/m0/s1. The lowest BCUT2D eigenvalue weighted by Crippen LogP contribution is -2.48. The molecule has 5 nitrogen and oxygen atoms in total. The lowest BCUT2D eigenvalue weighted by Gasteiger charge is -2.24. The smallest absolute Gasteiger partial charge is 0.368 e. The zero-order valence-electron chi connectivity index (χ0n) is 10.3. The summed E-state index contributed by atoms with van der Waals surface area (Å²) in [5.41, 5.74) is 4.46. The van der Waals surface area contributed by atoms with E-state index in [9.17, 15) is 30.8 Å². The van der Waals surface area contributed by atoms with Crippen molar-refractivity contribution in [3.63, 3.8) is 0 Å². The fraction of sp³-hybridized carbons (Fsp3) is 0.273. The predicted octanol–water partition coefficient (Wildman–Crippen LogP) is 0.554. The minimum absolute atomic E-state index is 0.310. The maximum atomic E-state index is 13.0. The van der Waals surface area contributed by atoms with Crippen LogP contribution in [0.25, 0.3) is 0 Å². The van der Waals surface area contributed by atoms with Crippen LogP contribution in [-0.4, -0.2) is 31.9 Å². The second-order valence-corrected chi connectivity index (χ2v) is 4.76. The first kappa shape index (κ1) is 17.1. The molecule has 2 atom stereocenters. The van der Waals surface area contributed by atoms with Gasteiger partial charge < -0.3 is 5.73 Å². The zero-order chi connectivity index (χ0) is 16.2. The highest BCUT2D eigenvalue weighted by Gasteiger charge is 2.42. The molecule has 0 aliphatic carbocycles. The van der Waals surface area contributed by atoms with Crippen molar-refractivity contribution >= 4 is 21.6 Å². The summed E-state index contributed by atoms with van der Waals surface area (Å²) in [6.45, 7) is 0. The minimum atomic E-state index is -4.84. The number of amides is 1. The third-order valence-electron chi connectivity index (χ3n) is 2.43. The highest BCUT2D eigenvalue weighted by molar-refractivity contribution is 7.71. The Bertz CT molecular complexity index is 632. The highest BCUT2D eigenvalue weighted by atomic mass is 32.2. The molecule has 0 saturated carbocycles. The Morgan fingerprint density at radius 1 is 1.24 bits per heavy atom. The molecular weight excluding hydrogens is 316 g/mol. The SMILES string of the molecule is NC(=O)[C@H](C=S(=O)=O)N[C@H](c1ccc(F)cc1)C(F)(F)F. The van der Waals surface area contributed by atoms with Gasteiger partial charge in [-0.1, -0.05) is 12.1 Å². The average molecular weight is 326 g/mol. The number of rotatable bonds is 5. The summed E-state index contributed by atoms with van der Waals surface area (Å²) < 4.78 is 72.7. The second-order valence-electron chi connectivity index (χ2n) is 3.97. The molecule has 0 aromatic heterocycles. The van der Waals surface area contributed by atoms with Crippen LogP contribution in [-0.2, 0) is 15.1 Å². The lowest BCUT2D eigenvalue weighted by molar-refractivity contribution is -0.159. The van der Waals surface area contributed by atoms with E-state index >= 15 is 0 Å². The minimum Gasteiger partial charge on any atom is -0.368 e. The maximum absolute atomic E-state index is 13.0. The summed E-state index contributed by atoms with van der Waals surface area (Å²) in [4.78, 5) is 11.0. The van der Waals surface area contributed by atoms with E-state index in [-0.39, 0.29) is 5.56 Å². The quantitative estimate of drug-likeness (QED) is 0.611. The van der Waals surface area contributed by atoms with Gasteiger partial charge in [-0.3, -0.25) is 10.1 Å². The number of alkyl halides is 3. The highest BCUT2D eigenvalue weighted by Crippen LogP contribution is 2.32. The largest absolute Gasteiger partial charge is 0.407 e. The Kier molecular flexibility index (Phi) is 5.44. The fourth-order valence-corrected chi connectivity index (χ4v) is 1.95. The number of hydrogen-bond acceptors (Lipinski definition) is 4. The molecule has 0 aliphatic heterocycles. The van der Waals surface area contributed by atoms with E-state index in [4.69, 9.17) is 5.73 Å². The lowest BCUT2D eigenvalue weighted by atomic mass is 10.1. The number of hydrogen-bond donors (Lipinski definition) is 2. The zero-order valence-corrected chi connectivity index (χ0v) is 11.1. The number of halogens is 4. The molecule has 1 rings (SSSR count). The van der Waals surface area contributed by atoms with E-state index in [0.717, 1.165) is 24.3 Å². The topological polar surface area (TPSA) is 89.3 Å².